The average molecular weight is 240 g/mol. The van der Waals surface area contributed by atoms with Crippen LogP contribution in [0.1, 0.15) is 39.5 Å². The lowest BCUT2D eigenvalue weighted by Crippen LogP contribution is -2.44. The molecule has 2 fully saturated rings. The van der Waals surface area contributed by atoms with Crippen LogP contribution in [0, 0.1) is 11.3 Å². The van der Waals surface area contributed by atoms with E-state index in [0.717, 1.165) is 25.7 Å². The summed E-state index contributed by atoms with van der Waals surface area (Å²) in [5, 5.41) is 12.8. The van der Waals surface area contributed by atoms with Gasteiger partial charge >= 0.3 is 0 Å². The summed E-state index contributed by atoms with van der Waals surface area (Å²) in [5.41, 5.74) is 0.370. The van der Waals surface area contributed by atoms with Crippen LogP contribution in [0.25, 0.3) is 0 Å². The zero-order valence-electron chi connectivity index (χ0n) is 11.4. The Labute approximate surface area is 106 Å². The minimum absolute atomic E-state index is 0.370. The molecule has 1 aliphatic heterocycles. The molecular weight excluding hydrogens is 212 g/mol. The van der Waals surface area contributed by atoms with Crippen molar-refractivity contribution in [2.75, 3.05) is 32.8 Å². The number of rotatable bonds is 6. The minimum atomic E-state index is 0.370. The Morgan fingerprint density at radius 1 is 1.18 bits per heavy atom. The molecule has 1 heterocycles. The van der Waals surface area contributed by atoms with E-state index in [0.29, 0.717) is 17.9 Å². The van der Waals surface area contributed by atoms with Crippen LogP contribution >= 0.6 is 0 Å². The van der Waals surface area contributed by atoms with Crippen LogP contribution in [-0.4, -0.2) is 48.8 Å². The molecule has 0 atom stereocenters. The van der Waals surface area contributed by atoms with Gasteiger partial charge in [0.1, 0.15) is 0 Å². The number of hydrogen-bond acceptors (Lipinski definition) is 3. The minimum Gasteiger partial charge on any atom is -0.396 e. The van der Waals surface area contributed by atoms with Crippen molar-refractivity contribution in [2.45, 2.75) is 45.6 Å². The van der Waals surface area contributed by atoms with Gasteiger partial charge < -0.3 is 15.3 Å². The molecule has 0 bridgehead atoms. The molecule has 2 N–H and O–H groups in total. The molecule has 0 unspecified atom stereocenters. The molecule has 1 saturated heterocycles. The zero-order chi connectivity index (χ0) is 12.3. The molecule has 0 aromatic heterocycles. The van der Waals surface area contributed by atoms with Gasteiger partial charge in [-0.15, -0.1) is 0 Å². The van der Waals surface area contributed by atoms with E-state index in [4.69, 9.17) is 5.11 Å². The van der Waals surface area contributed by atoms with Crippen molar-refractivity contribution < 1.29 is 5.11 Å². The van der Waals surface area contributed by atoms with Gasteiger partial charge in [0.25, 0.3) is 0 Å². The highest BCUT2D eigenvalue weighted by molar-refractivity contribution is 4.86. The van der Waals surface area contributed by atoms with Gasteiger partial charge in [0, 0.05) is 25.7 Å². The van der Waals surface area contributed by atoms with Crippen molar-refractivity contribution in [2.24, 2.45) is 11.3 Å². The second-order valence-corrected chi connectivity index (χ2v) is 6.72. The zero-order valence-corrected chi connectivity index (χ0v) is 11.4. The summed E-state index contributed by atoms with van der Waals surface area (Å²) >= 11 is 0. The number of hydrogen-bond donors (Lipinski definition) is 2. The molecule has 3 nitrogen and oxygen atoms in total. The first-order chi connectivity index (χ1) is 8.09. The van der Waals surface area contributed by atoms with E-state index in [-0.39, 0.29) is 0 Å². The van der Waals surface area contributed by atoms with E-state index in [1.807, 2.05) is 0 Å². The van der Waals surface area contributed by atoms with Gasteiger partial charge in [-0.25, -0.2) is 0 Å². The maximum Gasteiger partial charge on any atom is 0.0460 e. The maximum atomic E-state index is 9.13. The molecule has 0 radical (unpaired) electrons. The third kappa shape index (κ3) is 4.57. The van der Waals surface area contributed by atoms with Crippen molar-refractivity contribution >= 4 is 0 Å². The molecule has 0 amide bonds. The van der Waals surface area contributed by atoms with Gasteiger partial charge in [-0.05, 0) is 50.1 Å². The largest absolute Gasteiger partial charge is 0.396 e. The summed E-state index contributed by atoms with van der Waals surface area (Å²) in [5.74, 6) is 0.555. The van der Waals surface area contributed by atoms with Crippen molar-refractivity contribution in [1.82, 2.24) is 10.2 Å². The molecular formula is C14H28N2O. The molecule has 1 saturated carbocycles. The van der Waals surface area contributed by atoms with E-state index in [1.54, 1.807) is 0 Å². The highest BCUT2D eigenvalue weighted by atomic mass is 16.3. The van der Waals surface area contributed by atoms with Crippen molar-refractivity contribution in [3.63, 3.8) is 0 Å². The molecule has 0 spiro atoms. The molecule has 0 aromatic carbocycles. The third-order valence-electron chi connectivity index (χ3n) is 4.06. The highest BCUT2D eigenvalue weighted by Crippen LogP contribution is 2.24. The smallest absolute Gasteiger partial charge is 0.0460 e. The lowest BCUT2D eigenvalue weighted by molar-refractivity contribution is 0.1000. The van der Waals surface area contributed by atoms with Gasteiger partial charge in [0.05, 0.1) is 0 Å². The van der Waals surface area contributed by atoms with Crippen molar-refractivity contribution in [3.05, 3.63) is 0 Å². The van der Waals surface area contributed by atoms with Gasteiger partial charge in [0.2, 0.25) is 0 Å². The number of nitrogens with zero attached hydrogens (tertiary/aromatic N) is 1. The Morgan fingerprint density at radius 3 is 2.35 bits per heavy atom. The summed E-state index contributed by atoms with van der Waals surface area (Å²) in [6.07, 6.45) is 5.08. The van der Waals surface area contributed by atoms with Gasteiger partial charge in [-0.1, -0.05) is 13.8 Å². The molecule has 3 heteroatoms. The monoisotopic (exact) mass is 240 g/mol. The predicted molar refractivity (Wildman–Crippen MR) is 71.1 cm³/mol. The Kier molecular flexibility index (Phi) is 4.45. The van der Waals surface area contributed by atoms with E-state index < -0.39 is 0 Å². The normalized spacial score (nSPS) is 24.2. The molecule has 2 aliphatic rings. The summed E-state index contributed by atoms with van der Waals surface area (Å²) in [6, 6.07) is 0.814. The van der Waals surface area contributed by atoms with Gasteiger partial charge in [-0.3, -0.25) is 0 Å². The van der Waals surface area contributed by atoms with Crippen LogP contribution in [0.5, 0.6) is 0 Å². The lowest BCUT2D eigenvalue weighted by Gasteiger charge is -2.37. The molecule has 17 heavy (non-hydrogen) atoms. The first kappa shape index (κ1) is 13.3. The Balaban J connectivity index is 1.67. The summed E-state index contributed by atoms with van der Waals surface area (Å²) in [6.45, 7) is 9.75. The second kappa shape index (κ2) is 5.68. The van der Waals surface area contributed by atoms with Crippen LogP contribution in [0.3, 0.4) is 0 Å². The lowest BCUT2D eigenvalue weighted by atomic mass is 9.90. The number of nitrogens with one attached hydrogen (secondary N) is 1. The van der Waals surface area contributed by atoms with Crippen LogP contribution in [0.2, 0.25) is 0 Å². The quantitative estimate of drug-likeness (QED) is 0.738. The summed E-state index contributed by atoms with van der Waals surface area (Å²) < 4.78 is 0. The Morgan fingerprint density at radius 2 is 1.82 bits per heavy atom. The van der Waals surface area contributed by atoms with Crippen molar-refractivity contribution in [3.8, 4) is 0 Å². The van der Waals surface area contributed by atoms with Gasteiger partial charge in [-0.2, -0.15) is 0 Å². The highest BCUT2D eigenvalue weighted by Gasteiger charge is 2.28. The fraction of sp³-hybridized carbons (Fsp3) is 1.00. The van der Waals surface area contributed by atoms with E-state index in [1.165, 1.54) is 32.2 Å². The SMILES string of the molecule is CC(C)(CNC1CC1)CN1CCC(CO)CC1. The molecule has 1 aliphatic carbocycles. The fourth-order valence-electron chi connectivity index (χ4n) is 2.70. The fourth-order valence-corrected chi connectivity index (χ4v) is 2.70. The summed E-state index contributed by atoms with van der Waals surface area (Å²) in [4.78, 5) is 2.57. The predicted octanol–water partition coefficient (Wildman–Crippen LogP) is 1.47. The summed E-state index contributed by atoms with van der Waals surface area (Å²) in [7, 11) is 0. The average Bonchev–Trinajstić information content (AvgIpc) is 3.11. The number of aliphatic hydroxyl groups is 1. The Bertz CT molecular complexity index is 230. The number of likely N-dealkylation sites (tertiary alicyclic amines) is 1. The number of piperidine rings is 1. The molecule has 0 aromatic rings. The Hall–Kier alpha value is -0.120. The van der Waals surface area contributed by atoms with E-state index >= 15 is 0 Å². The topological polar surface area (TPSA) is 35.5 Å². The van der Waals surface area contributed by atoms with E-state index in [2.05, 4.69) is 24.1 Å². The van der Waals surface area contributed by atoms with E-state index in [9.17, 15) is 0 Å². The maximum absolute atomic E-state index is 9.13. The van der Waals surface area contributed by atoms with Crippen LogP contribution in [0.15, 0.2) is 0 Å². The second-order valence-electron chi connectivity index (χ2n) is 6.72. The van der Waals surface area contributed by atoms with Crippen LogP contribution in [0.4, 0.5) is 0 Å². The molecule has 2 rings (SSSR count). The van der Waals surface area contributed by atoms with Crippen LogP contribution in [-0.2, 0) is 0 Å². The standard InChI is InChI=1S/C14H28N2O/c1-14(2,10-15-13-3-4-13)11-16-7-5-12(9-17)6-8-16/h12-13,15,17H,3-11H2,1-2H3. The van der Waals surface area contributed by atoms with Crippen LogP contribution < -0.4 is 5.32 Å². The molecule has 100 valence electrons. The first-order valence-electron chi connectivity index (χ1n) is 7.16. The first-order valence-corrected chi connectivity index (χ1v) is 7.16. The van der Waals surface area contributed by atoms with Crippen molar-refractivity contribution in [1.29, 1.82) is 0 Å². The number of aliphatic hydroxyl groups excluding tert-OH is 1. The van der Waals surface area contributed by atoms with Gasteiger partial charge in [0.15, 0.2) is 0 Å². The third-order valence-corrected chi connectivity index (χ3v) is 4.06.